The van der Waals surface area contributed by atoms with E-state index in [4.69, 9.17) is 41.8 Å². The van der Waals surface area contributed by atoms with Crippen molar-refractivity contribution in [3.05, 3.63) is 58.3 Å². The molecule has 2 unspecified atom stereocenters. The number of carbonyl (C=O) groups excluding carboxylic acids is 2. The molecular weight excluding hydrogens is 497 g/mol. The standard InChI is InChI=1S/C24H23Cl2N3O6/c1-4-19(30)28-13-7-8-34-11-14(13)27-18-6-5-12-9-17(35-24(12)29-18)23(31)20-21(25)15(32-2)10-16(33-3)22(20)26/h4-6,9-10,13-14H,1,7-8,11H2,2-3H3,(H,27,29)(H,28,30). The fraction of sp³-hybridized carbons (Fsp3) is 0.292. The van der Waals surface area contributed by atoms with Gasteiger partial charge in [-0.05, 0) is 30.7 Å². The van der Waals surface area contributed by atoms with Crippen LogP contribution in [0.25, 0.3) is 11.1 Å². The normalized spacial score (nSPS) is 17.6. The van der Waals surface area contributed by atoms with Crippen LogP contribution in [0.15, 0.2) is 41.3 Å². The molecular formula is C24H23Cl2N3O6. The van der Waals surface area contributed by atoms with Gasteiger partial charge in [-0.1, -0.05) is 29.8 Å². The maximum absolute atomic E-state index is 13.3. The van der Waals surface area contributed by atoms with Crippen LogP contribution in [0.4, 0.5) is 5.82 Å². The van der Waals surface area contributed by atoms with Crippen molar-refractivity contribution in [1.29, 1.82) is 0 Å². The van der Waals surface area contributed by atoms with Gasteiger partial charge in [0.25, 0.3) is 0 Å². The molecule has 184 valence electrons. The van der Waals surface area contributed by atoms with Crippen LogP contribution in [0.2, 0.25) is 10.0 Å². The van der Waals surface area contributed by atoms with Crippen LogP contribution >= 0.6 is 23.2 Å². The smallest absolute Gasteiger partial charge is 0.243 e. The van der Waals surface area contributed by atoms with Gasteiger partial charge in [-0.15, -0.1) is 0 Å². The molecule has 0 spiro atoms. The molecule has 1 aliphatic rings. The van der Waals surface area contributed by atoms with Crippen LogP contribution in [0.1, 0.15) is 22.5 Å². The largest absolute Gasteiger partial charge is 0.495 e. The van der Waals surface area contributed by atoms with Gasteiger partial charge < -0.3 is 29.3 Å². The average molecular weight is 520 g/mol. The first-order valence-electron chi connectivity index (χ1n) is 10.7. The number of carbonyl (C=O) groups is 2. The van der Waals surface area contributed by atoms with Crippen molar-refractivity contribution in [3.8, 4) is 11.5 Å². The summed E-state index contributed by atoms with van der Waals surface area (Å²) in [6, 6.07) is 6.20. The maximum atomic E-state index is 13.3. The van der Waals surface area contributed by atoms with Gasteiger partial charge in [-0.25, -0.2) is 0 Å². The molecule has 1 saturated heterocycles. The van der Waals surface area contributed by atoms with E-state index < -0.39 is 5.78 Å². The molecule has 0 saturated carbocycles. The highest BCUT2D eigenvalue weighted by atomic mass is 35.5. The lowest BCUT2D eigenvalue weighted by Gasteiger charge is -2.32. The minimum Gasteiger partial charge on any atom is -0.495 e. The van der Waals surface area contributed by atoms with Crippen molar-refractivity contribution in [2.45, 2.75) is 18.5 Å². The number of rotatable bonds is 8. The molecule has 1 aliphatic heterocycles. The Morgan fingerprint density at radius 1 is 1.14 bits per heavy atom. The van der Waals surface area contributed by atoms with Crippen molar-refractivity contribution in [3.63, 3.8) is 0 Å². The number of aromatic nitrogens is 1. The van der Waals surface area contributed by atoms with Crippen LogP contribution in [0, 0.1) is 0 Å². The fourth-order valence-electron chi connectivity index (χ4n) is 3.80. The van der Waals surface area contributed by atoms with Crippen molar-refractivity contribution in [2.24, 2.45) is 0 Å². The van der Waals surface area contributed by atoms with Crippen LogP contribution in [0.5, 0.6) is 11.5 Å². The van der Waals surface area contributed by atoms with Crippen LogP contribution in [0.3, 0.4) is 0 Å². The Labute approximate surface area is 211 Å². The molecule has 1 aromatic carbocycles. The van der Waals surface area contributed by atoms with E-state index in [0.29, 0.717) is 30.8 Å². The van der Waals surface area contributed by atoms with Gasteiger partial charge in [-0.2, -0.15) is 4.98 Å². The number of pyridine rings is 1. The molecule has 2 aromatic heterocycles. The first-order valence-corrected chi connectivity index (χ1v) is 11.4. The number of hydrogen-bond donors (Lipinski definition) is 2. The van der Waals surface area contributed by atoms with Crippen molar-refractivity contribution < 1.29 is 28.2 Å². The highest BCUT2D eigenvalue weighted by molar-refractivity contribution is 6.42. The molecule has 1 fully saturated rings. The predicted molar refractivity (Wildman–Crippen MR) is 132 cm³/mol. The molecule has 9 nitrogen and oxygen atoms in total. The number of nitrogens with one attached hydrogen (secondary N) is 2. The van der Waals surface area contributed by atoms with Crippen LogP contribution in [-0.4, -0.2) is 56.2 Å². The summed E-state index contributed by atoms with van der Waals surface area (Å²) in [4.78, 5) is 29.5. The first-order chi connectivity index (χ1) is 16.9. The van der Waals surface area contributed by atoms with Gasteiger partial charge in [0.15, 0.2) is 5.76 Å². The summed E-state index contributed by atoms with van der Waals surface area (Å²) in [5, 5.41) is 6.87. The molecule has 35 heavy (non-hydrogen) atoms. The predicted octanol–water partition coefficient (Wildman–Crippen LogP) is 4.25. The number of methoxy groups -OCH3 is 2. The fourth-order valence-corrected chi connectivity index (χ4v) is 4.48. The van der Waals surface area contributed by atoms with Crippen LogP contribution in [-0.2, 0) is 9.53 Å². The molecule has 2 N–H and O–H groups in total. The van der Waals surface area contributed by atoms with Gasteiger partial charge >= 0.3 is 0 Å². The minimum absolute atomic E-state index is 0.000814. The number of benzene rings is 1. The highest BCUT2D eigenvalue weighted by Crippen LogP contribution is 2.41. The van der Waals surface area contributed by atoms with E-state index in [2.05, 4.69) is 22.2 Å². The summed E-state index contributed by atoms with van der Waals surface area (Å²) in [5.41, 5.74) is 0.242. The van der Waals surface area contributed by atoms with Gasteiger partial charge in [0.1, 0.15) is 17.3 Å². The lowest BCUT2D eigenvalue weighted by atomic mass is 10.0. The van der Waals surface area contributed by atoms with E-state index in [1.807, 2.05) is 0 Å². The van der Waals surface area contributed by atoms with E-state index in [1.165, 1.54) is 26.4 Å². The Morgan fingerprint density at radius 2 is 1.86 bits per heavy atom. The third-order valence-corrected chi connectivity index (χ3v) is 6.36. The highest BCUT2D eigenvalue weighted by Gasteiger charge is 2.28. The second-order valence-electron chi connectivity index (χ2n) is 7.75. The Bertz CT molecular complexity index is 1260. The Morgan fingerprint density at radius 3 is 2.51 bits per heavy atom. The maximum Gasteiger partial charge on any atom is 0.243 e. The minimum atomic E-state index is -0.544. The zero-order valence-electron chi connectivity index (χ0n) is 19.0. The van der Waals surface area contributed by atoms with Gasteiger partial charge in [0.2, 0.25) is 17.4 Å². The van der Waals surface area contributed by atoms with E-state index in [9.17, 15) is 9.59 Å². The number of hydrogen-bond acceptors (Lipinski definition) is 8. The number of halogens is 2. The number of furan rings is 1. The Kier molecular flexibility index (Phi) is 7.49. The van der Waals surface area contributed by atoms with Crippen molar-refractivity contribution >= 4 is 51.8 Å². The number of fused-ring (bicyclic) bond motifs is 1. The number of amides is 1. The molecule has 0 aliphatic carbocycles. The van der Waals surface area contributed by atoms with Crippen molar-refractivity contribution in [1.82, 2.24) is 10.3 Å². The third kappa shape index (κ3) is 5.07. The molecule has 2 atom stereocenters. The molecule has 0 radical (unpaired) electrons. The van der Waals surface area contributed by atoms with E-state index in [-0.39, 0.29) is 56.6 Å². The monoisotopic (exact) mass is 519 g/mol. The number of ketones is 1. The van der Waals surface area contributed by atoms with Gasteiger partial charge in [0.05, 0.1) is 48.5 Å². The average Bonchev–Trinajstić information content (AvgIpc) is 3.29. The molecule has 0 bridgehead atoms. The van der Waals surface area contributed by atoms with Crippen LogP contribution < -0.4 is 20.1 Å². The second-order valence-corrected chi connectivity index (χ2v) is 8.50. The lowest BCUT2D eigenvalue weighted by Crippen LogP contribution is -2.52. The van der Waals surface area contributed by atoms with Crippen molar-refractivity contribution in [2.75, 3.05) is 32.8 Å². The van der Waals surface area contributed by atoms with E-state index >= 15 is 0 Å². The summed E-state index contributed by atoms with van der Waals surface area (Å²) >= 11 is 12.8. The number of nitrogens with zero attached hydrogens (tertiary/aromatic N) is 1. The first kappa shape index (κ1) is 24.8. The zero-order chi connectivity index (χ0) is 25.1. The van der Waals surface area contributed by atoms with Gasteiger partial charge in [-0.3, -0.25) is 9.59 Å². The van der Waals surface area contributed by atoms with E-state index in [0.717, 1.165) is 0 Å². The van der Waals surface area contributed by atoms with E-state index in [1.54, 1.807) is 18.2 Å². The summed E-state index contributed by atoms with van der Waals surface area (Å²) in [6.07, 6.45) is 1.87. The third-order valence-electron chi connectivity index (χ3n) is 5.61. The summed E-state index contributed by atoms with van der Waals surface area (Å²) in [6.45, 7) is 4.42. The SMILES string of the molecule is C=CC(=O)NC1CCOCC1Nc1ccc2cc(C(=O)c3c(Cl)c(OC)cc(OC)c3Cl)oc2n1. The molecule has 1 amide bonds. The molecule has 11 heteroatoms. The summed E-state index contributed by atoms with van der Waals surface area (Å²) < 4.78 is 21.8. The number of ether oxygens (including phenoxy) is 3. The topological polar surface area (TPSA) is 112 Å². The molecule has 3 aromatic rings. The lowest BCUT2D eigenvalue weighted by molar-refractivity contribution is -0.117. The Balaban J connectivity index is 1.62. The zero-order valence-corrected chi connectivity index (χ0v) is 20.5. The van der Waals surface area contributed by atoms with Gasteiger partial charge in [0, 0.05) is 18.1 Å². The second kappa shape index (κ2) is 10.6. The quantitative estimate of drug-likeness (QED) is 0.335. The summed E-state index contributed by atoms with van der Waals surface area (Å²) in [5.74, 6) is 0.180. The Hall–Kier alpha value is -3.27. The molecule has 3 heterocycles. The summed E-state index contributed by atoms with van der Waals surface area (Å²) in [7, 11) is 2.85. The number of anilines is 1. The molecule has 4 rings (SSSR count).